The third-order valence-electron chi connectivity index (χ3n) is 8.06. The first-order valence-corrected chi connectivity index (χ1v) is 17.9. The molecule has 0 spiro atoms. The second-order valence-corrected chi connectivity index (χ2v) is 20.7. The van der Waals surface area contributed by atoms with Gasteiger partial charge in [0.25, 0.3) is 5.56 Å². The van der Waals surface area contributed by atoms with Crippen molar-refractivity contribution in [2.24, 2.45) is 0 Å². The van der Waals surface area contributed by atoms with Gasteiger partial charge in [0, 0.05) is 18.1 Å². The van der Waals surface area contributed by atoms with Gasteiger partial charge in [0.2, 0.25) is 5.78 Å². The summed E-state index contributed by atoms with van der Waals surface area (Å²) in [5.74, 6) is -0.425. The van der Waals surface area contributed by atoms with Gasteiger partial charge in [-0.3, -0.25) is 19.1 Å². The zero-order valence-electron chi connectivity index (χ0n) is 24.2. The number of aromatic amines is 1. The van der Waals surface area contributed by atoms with E-state index in [1.165, 1.54) is 4.57 Å². The second kappa shape index (κ2) is 11.4. The number of nitrogens with zero attached hydrogens (tertiary/aromatic N) is 1. The Hall–Kier alpha value is -2.16. The molecule has 11 heteroatoms. The van der Waals surface area contributed by atoms with Crippen LogP contribution in [0.3, 0.4) is 0 Å². The van der Waals surface area contributed by atoms with Crippen LogP contribution in [-0.2, 0) is 17.7 Å². The van der Waals surface area contributed by atoms with Crippen LogP contribution in [0.25, 0.3) is 0 Å². The van der Waals surface area contributed by atoms with E-state index < -0.39 is 52.6 Å². The molecule has 1 aromatic heterocycles. The van der Waals surface area contributed by atoms with Gasteiger partial charge >= 0.3 is 22.8 Å². The molecule has 9 nitrogen and oxygen atoms in total. The van der Waals surface area contributed by atoms with Crippen molar-refractivity contribution >= 4 is 22.9 Å². The minimum Gasteiger partial charge on any atom is -0.414 e. The summed E-state index contributed by atoms with van der Waals surface area (Å²) in [7, 11) is -5.61. The standard InChI is InChI=1S/C28H42N2O7Si2/c1-17(2)38(18(3)4)34-16-24-23(36-39(37-38,19(5)6)20(7)8)15-26(35-24)30-22(14-25(31)29-28(30)33)27(32)21-12-10-9-11-13-21/h9-14,17-20,23-24,26H,15-16H2,1-8H3,(H,29,31,33). The zero-order chi connectivity index (χ0) is 28.7. The molecule has 0 amide bonds. The molecule has 1 N–H and O–H groups in total. The van der Waals surface area contributed by atoms with E-state index in [0.29, 0.717) is 12.0 Å². The Morgan fingerprint density at radius 2 is 1.49 bits per heavy atom. The van der Waals surface area contributed by atoms with Gasteiger partial charge in [0.1, 0.15) is 18.0 Å². The van der Waals surface area contributed by atoms with Crippen molar-refractivity contribution < 1.29 is 22.5 Å². The molecular weight excluding hydrogens is 532 g/mol. The Balaban J connectivity index is 1.78. The predicted molar refractivity (Wildman–Crippen MR) is 154 cm³/mol. The van der Waals surface area contributed by atoms with Crippen molar-refractivity contribution in [2.45, 2.75) is 102 Å². The molecule has 2 fully saturated rings. The van der Waals surface area contributed by atoms with Crippen molar-refractivity contribution in [3.63, 3.8) is 0 Å². The molecule has 3 atom stereocenters. The van der Waals surface area contributed by atoms with Crippen molar-refractivity contribution in [3.8, 4) is 0 Å². The first-order chi connectivity index (χ1) is 18.3. The third-order valence-corrected chi connectivity index (χ3v) is 18.3. The molecule has 2 aliphatic heterocycles. The molecule has 2 saturated heterocycles. The maximum Gasteiger partial charge on any atom is 0.335 e. The lowest BCUT2D eigenvalue weighted by atomic mass is 10.1. The molecule has 3 unspecified atom stereocenters. The van der Waals surface area contributed by atoms with Gasteiger partial charge in [0.15, 0.2) is 0 Å². The molecule has 1 aromatic carbocycles. The van der Waals surface area contributed by atoms with E-state index in [0.717, 1.165) is 6.07 Å². The van der Waals surface area contributed by atoms with Gasteiger partial charge in [-0.05, 0) is 22.2 Å². The number of hydrogen-bond donors (Lipinski definition) is 1. The molecule has 0 radical (unpaired) electrons. The summed E-state index contributed by atoms with van der Waals surface area (Å²) in [6.07, 6.45) is -1.33. The Morgan fingerprint density at radius 1 is 0.897 bits per heavy atom. The highest BCUT2D eigenvalue weighted by Gasteiger charge is 2.60. The summed E-state index contributed by atoms with van der Waals surface area (Å²) in [6.45, 7) is 17.5. The lowest BCUT2D eigenvalue weighted by Crippen LogP contribution is -2.65. The lowest BCUT2D eigenvalue weighted by Gasteiger charge is -2.51. The summed E-state index contributed by atoms with van der Waals surface area (Å²) < 4.78 is 28.8. The molecule has 4 rings (SSSR count). The fourth-order valence-electron chi connectivity index (χ4n) is 6.00. The van der Waals surface area contributed by atoms with Crippen LogP contribution in [0.2, 0.25) is 22.2 Å². The maximum absolute atomic E-state index is 13.4. The van der Waals surface area contributed by atoms with E-state index in [1.54, 1.807) is 30.3 Å². The number of carbonyl (C=O) groups is 1. The van der Waals surface area contributed by atoms with Crippen LogP contribution in [0.15, 0.2) is 46.0 Å². The number of ketones is 1. The predicted octanol–water partition coefficient (Wildman–Crippen LogP) is 5.01. The van der Waals surface area contributed by atoms with Gasteiger partial charge < -0.3 is 17.7 Å². The number of fused-ring (bicyclic) bond motifs is 1. The highest BCUT2D eigenvalue weighted by Crippen LogP contribution is 2.48. The van der Waals surface area contributed by atoms with Gasteiger partial charge in [-0.1, -0.05) is 85.7 Å². The summed E-state index contributed by atoms with van der Waals surface area (Å²) in [4.78, 5) is 41.2. The molecule has 39 heavy (non-hydrogen) atoms. The summed E-state index contributed by atoms with van der Waals surface area (Å²) in [5.41, 5.74) is -0.291. The van der Waals surface area contributed by atoms with Crippen molar-refractivity contribution in [1.29, 1.82) is 0 Å². The van der Waals surface area contributed by atoms with Crippen molar-refractivity contribution in [2.75, 3.05) is 6.61 Å². The Labute approximate surface area is 232 Å². The van der Waals surface area contributed by atoms with Crippen molar-refractivity contribution in [3.05, 3.63) is 68.5 Å². The molecule has 3 heterocycles. The monoisotopic (exact) mass is 574 g/mol. The largest absolute Gasteiger partial charge is 0.414 e. The SMILES string of the molecule is CC(C)[Si]1(C(C)C)OCC2OC(n3c(C(=O)c4ccccc4)cc(=O)[nH]c3=O)CC2O[Si](C(C)C)(C(C)C)O1. The Morgan fingerprint density at radius 3 is 2.05 bits per heavy atom. The zero-order valence-corrected chi connectivity index (χ0v) is 26.2. The number of aromatic nitrogens is 2. The minimum atomic E-state index is -2.86. The molecule has 0 bridgehead atoms. The third kappa shape index (κ3) is 5.44. The fraction of sp³-hybridized carbons (Fsp3) is 0.607. The van der Waals surface area contributed by atoms with E-state index >= 15 is 0 Å². The summed E-state index contributed by atoms with van der Waals surface area (Å²) >= 11 is 0. The Kier molecular flexibility index (Phi) is 8.70. The molecule has 2 aromatic rings. The van der Waals surface area contributed by atoms with Crippen LogP contribution in [-0.4, -0.2) is 51.3 Å². The van der Waals surface area contributed by atoms with Gasteiger partial charge in [0.05, 0.1) is 12.7 Å². The molecule has 2 aliphatic rings. The number of ether oxygens (including phenoxy) is 1. The van der Waals surface area contributed by atoms with E-state index in [1.807, 2.05) is 0 Å². The lowest BCUT2D eigenvalue weighted by molar-refractivity contribution is -0.0569. The topological polar surface area (TPSA) is 109 Å². The van der Waals surface area contributed by atoms with E-state index in [2.05, 4.69) is 60.4 Å². The number of H-pyrrole nitrogens is 1. The van der Waals surface area contributed by atoms with Gasteiger partial charge in [-0.2, -0.15) is 0 Å². The summed E-state index contributed by atoms with van der Waals surface area (Å²) in [6, 6.07) is 9.76. The van der Waals surface area contributed by atoms with E-state index in [-0.39, 0.29) is 34.5 Å². The normalized spacial score (nSPS) is 24.7. The van der Waals surface area contributed by atoms with Gasteiger partial charge in [-0.15, -0.1) is 0 Å². The molecule has 214 valence electrons. The van der Waals surface area contributed by atoms with Crippen LogP contribution < -0.4 is 11.2 Å². The average Bonchev–Trinajstić information content (AvgIpc) is 3.24. The van der Waals surface area contributed by atoms with Crippen LogP contribution in [0.1, 0.15) is 84.1 Å². The quantitative estimate of drug-likeness (QED) is 0.366. The first-order valence-electron chi connectivity index (χ1n) is 13.9. The average molecular weight is 575 g/mol. The molecule has 0 aliphatic carbocycles. The second-order valence-electron chi connectivity index (χ2n) is 11.9. The minimum absolute atomic E-state index is 0.0179. The first kappa shape index (κ1) is 29.8. The number of rotatable bonds is 7. The fourth-order valence-corrected chi connectivity index (χ4v) is 17.2. The number of benzene rings is 1. The maximum atomic E-state index is 13.4. The van der Waals surface area contributed by atoms with E-state index in [9.17, 15) is 14.4 Å². The number of carbonyl (C=O) groups excluding carboxylic acids is 1. The number of nitrogens with one attached hydrogen (secondary N) is 1. The highest BCUT2D eigenvalue weighted by atomic mass is 28.5. The van der Waals surface area contributed by atoms with Crippen molar-refractivity contribution in [1.82, 2.24) is 9.55 Å². The summed E-state index contributed by atoms with van der Waals surface area (Å²) in [5, 5.41) is 0. The molecular formula is C28H42N2O7Si2. The van der Waals surface area contributed by atoms with E-state index in [4.69, 9.17) is 17.7 Å². The van der Waals surface area contributed by atoms with Crippen LogP contribution in [0.4, 0.5) is 0 Å². The Bertz CT molecular complexity index is 1270. The highest BCUT2D eigenvalue weighted by molar-refractivity contribution is 6.83. The smallest absolute Gasteiger partial charge is 0.335 e. The van der Waals surface area contributed by atoms with Crippen LogP contribution >= 0.6 is 0 Å². The van der Waals surface area contributed by atoms with Crippen LogP contribution in [0, 0.1) is 0 Å². The molecule has 0 saturated carbocycles. The number of hydrogen-bond acceptors (Lipinski definition) is 7. The van der Waals surface area contributed by atoms with Gasteiger partial charge in [-0.25, -0.2) is 4.79 Å². The van der Waals surface area contributed by atoms with Crippen LogP contribution in [0.5, 0.6) is 0 Å².